The largest absolute Gasteiger partial charge is 0.480 e. The van der Waals surface area contributed by atoms with Gasteiger partial charge in [-0.05, 0) is 43.9 Å². The minimum Gasteiger partial charge on any atom is -0.480 e. The molecule has 3 amide bonds. The van der Waals surface area contributed by atoms with Crippen molar-refractivity contribution in [2.75, 3.05) is 19.5 Å². The van der Waals surface area contributed by atoms with Crippen LogP contribution in [0.1, 0.15) is 91.9 Å². The van der Waals surface area contributed by atoms with Gasteiger partial charge in [0, 0.05) is 25.5 Å². The molecule has 1 saturated heterocycles. The number of nitrogens with zero attached hydrogens (tertiary/aromatic N) is 2. The Labute approximate surface area is 239 Å². The van der Waals surface area contributed by atoms with E-state index in [9.17, 15) is 29.4 Å². The zero-order chi connectivity index (χ0) is 29.7. The molecule has 0 bridgehead atoms. The molecule has 10 nitrogen and oxygen atoms in total. The minimum absolute atomic E-state index is 0.0616. The monoisotopic (exact) mass is 574 g/mol. The van der Waals surface area contributed by atoms with Crippen LogP contribution in [0.25, 0.3) is 0 Å². The van der Waals surface area contributed by atoms with Gasteiger partial charge in [-0.1, -0.05) is 59.8 Å². The number of carboxylic acids is 1. The second-order valence-electron chi connectivity index (χ2n) is 11.3. The van der Waals surface area contributed by atoms with Crippen LogP contribution in [0, 0.1) is 11.8 Å². The van der Waals surface area contributed by atoms with Gasteiger partial charge in [0.2, 0.25) is 11.8 Å². The van der Waals surface area contributed by atoms with Crippen LogP contribution in [0.5, 0.6) is 0 Å². The van der Waals surface area contributed by atoms with Crippen LogP contribution in [-0.4, -0.2) is 93.4 Å². The van der Waals surface area contributed by atoms with E-state index in [1.165, 1.54) is 16.8 Å². The van der Waals surface area contributed by atoms with Crippen LogP contribution < -0.4 is 11.1 Å². The lowest BCUT2D eigenvalue weighted by atomic mass is 9.94. The lowest BCUT2D eigenvalue weighted by molar-refractivity contribution is -0.153. The van der Waals surface area contributed by atoms with E-state index >= 15 is 0 Å². The summed E-state index contributed by atoms with van der Waals surface area (Å²) in [5, 5.41) is 22.9. The molecule has 0 aromatic carbocycles. The molecule has 0 spiro atoms. The Bertz CT molecular complexity index is 798. The zero-order valence-corrected chi connectivity index (χ0v) is 25.2. The van der Waals surface area contributed by atoms with Crippen molar-refractivity contribution in [3.63, 3.8) is 0 Å². The van der Waals surface area contributed by atoms with E-state index in [2.05, 4.69) is 5.32 Å². The van der Waals surface area contributed by atoms with Gasteiger partial charge in [-0.3, -0.25) is 14.4 Å². The Morgan fingerprint density at radius 2 is 1.72 bits per heavy atom. The van der Waals surface area contributed by atoms with Gasteiger partial charge in [-0.2, -0.15) is 0 Å². The Morgan fingerprint density at radius 1 is 1.10 bits per heavy atom. The van der Waals surface area contributed by atoms with E-state index in [1.807, 2.05) is 27.7 Å². The Morgan fingerprint density at radius 3 is 2.28 bits per heavy atom. The molecule has 1 aliphatic heterocycles. The maximum absolute atomic E-state index is 13.7. The third-order valence-corrected chi connectivity index (χ3v) is 8.01. The van der Waals surface area contributed by atoms with Crippen molar-refractivity contribution >= 4 is 35.3 Å². The highest BCUT2D eigenvalue weighted by Crippen LogP contribution is 2.24. The van der Waals surface area contributed by atoms with E-state index < -0.39 is 54.0 Å². The average molecular weight is 575 g/mol. The number of halogens is 1. The number of hydrogen-bond donors (Lipinski definition) is 4. The highest BCUT2D eigenvalue weighted by molar-refractivity contribution is 6.17. The number of aliphatic carboxylic acids is 1. The topological polar surface area (TPSA) is 153 Å². The summed E-state index contributed by atoms with van der Waals surface area (Å²) < 4.78 is 0. The highest BCUT2D eigenvalue weighted by Gasteiger charge is 2.41. The molecule has 1 fully saturated rings. The molecule has 11 heteroatoms. The Hall–Kier alpha value is -1.91. The number of likely N-dealkylation sites (tertiary alicyclic amines) is 1. The number of alkyl halides is 1. The molecule has 226 valence electrons. The number of unbranched alkanes of at least 4 members (excludes halogenated alkanes) is 4. The van der Waals surface area contributed by atoms with E-state index in [0.717, 1.165) is 32.1 Å². The molecule has 0 radical (unpaired) electrons. The standard InChI is InChI=1S/C28H51ClN4O6/c1-6-19(4)23(31-25(35)24(34)20(30)13-10-8-7-9-11-15-29)27(37)32(5)22(17-18(2)3)26(36)33-16-12-14-21(33)28(38)39/h18-24,34H,6-17,30H2,1-5H3,(H,31,35)(H,38,39)/t19-,20-,21+,22+,23+,24-/m1/s1. The maximum Gasteiger partial charge on any atom is 0.326 e. The summed E-state index contributed by atoms with van der Waals surface area (Å²) in [5.41, 5.74) is 6.10. The first kappa shape index (κ1) is 35.1. The summed E-state index contributed by atoms with van der Waals surface area (Å²) in [4.78, 5) is 54.6. The van der Waals surface area contributed by atoms with Gasteiger partial charge in [0.15, 0.2) is 0 Å². The fourth-order valence-electron chi connectivity index (χ4n) is 5.00. The van der Waals surface area contributed by atoms with Crippen LogP contribution in [0.4, 0.5) is 0 Å². The summed E-state index contributed by atoms with van der Waals surface area (Å²) in [6.07, 6.45) is 5.61. The second-order valence-corrected chi connectivity index (χ2v) is 11.7. The van der Waals surface area contributed by atoms with Crippen molar-refractivity contribution in [3.8, 4) is 0 Å². The number of hydrogen-bond acceptors (Lipinski definition) is 6. The third-order valence-electron chi connectivity index (χ3n) is 7.74. The molecule has 39 heavy (non-hydrogen) atoms. The first-order chi connectivity index (χ1) is 18.4. The molecule has 0 saturated carbocycles. The van der Waals surface area contributed by atoms with Crippen LogP contribution in [-0.2, 0) is 19.2 Å². The number of rotatable bonds is 18. The summed E-state index contributed by atoms with van der Waals surface area (Å²) in [7, 11) is 1.52. The predicted octanol–water partition coefficient (Wildman–Crippen LogP) is 2.73. The SMILES string of the molecule is CC[C@@H](C)[C@H](NC(=O)[C@H](O)[C@H](N)CCCCCCCCl)C(=O)N(C)[C@@H](CC(C)C)C(=O)N1CCC[C@H]1C(=O)O. The predicted molar refractivity (Wildman–Crippen MR) is 152 cm³/mol. The summed E-state index contributed by atoms with van der Waals surface area (Å²) >= 11 is 5.69. The summed E-state index contributed by atoms with van der Waals surface area (Å²) in [6, 6.07) is -3.51. The summed E-state index contributed by atoms with van der Waals surface area (Å²) in [5.74, 6) is -2.20. The van der Waals surface area contributed by atoms with E-state index in [4.69, 9.17) is 17.3 Å². The molecule has 0 aromatic heterocycles. The van der Waals surface area contributed by atoms with Crippen molar-refractivity contribution in [1.82, 2.24) is 15.1 Å². The molecule has 0 aromatic rings. The number of nitrogens with one attached hydrogen (secondary N) is 1. The second kappa shape index (κ2) is 17.7. The van der Waals surface area contributed by atoms with Crippen molar-refractivity contribution in [2.24, 2.45) is 17.6 Å². The first-order valence-electron chi connectivity index (χ1n) is 14.5. The molecular weight excluding hydrogens is 524 g/mol. The van der Waals surface area contributed by atoms with Crippen molar-refractivity contribution in [1.29, 1.82) is 0 Å². The van der Waals surface area contributed by atoms with Gasteiger partial charge in [0.05, 0.1) is 0 Å². The molecule has 1 aliphatic rings. The van der Waals surface area contributed by atoms with Crippen LogP contribution in [0.3, 0.4) is 0 Å². The number of carbonyl (C=O) groups is 4. The smallest absolute Gasteiger partial charge is 0.326 e. The fourth-order valence-corrected chi connectivity index (χ4v) is 5.19. The molecule has 6 atom stereocenters. The minimum atomic E-state index is -1.47. The molecule has 5 N–H and O–H groups in total. The van der Waals surface area contributed by atoms with Crippen molar-refractivity contribution in [3.05, 3.63) is 0 Å². The third kappa shape index (κ3) is 10.9. The maximum atomic E-state index is 13.7. The number of carboxylic acid groups (broad SMARTS) is 1. The van der Waals surface area contributed by atoms with Crippen LogP contribution >= 0.6 is 11.6 Å². The average Bonchev–Trinajstić information content (AvgIpc) is 3.40. The van der Waals surface area contributed by atoms with Gasteiger partial charge < -0.3 is 31.1 Å². The van der Waals surface area contributed by atoms with Crippen LogP contribution in [0.2, 0.25) is 0 Å². The van der Waals surface area contributed by atoms with Crippen molar-refractivity contribution < 1.29 is 29.4 Å². The van der Waals surface area contributed by atoms with Gasteiger partial charge in [-0.25, -0.2) is 4.79 Å². The normalized spacial score (nSPS) is 19.3. The zero-order valence-electron chi connectivity index (χ0n) is 24.4. The fraction of sp³-hybridized carbons (Fsp3) is 0.857. The van der Waals surface area contributed by atoms with Gasteiger partial charge in [-0.15, -0.1) is 11.6 Å². The Kier molecular flexibility index (Phi) is 15.9. The number of aliphatic hydroxyl groups excluding tert-OH is 1. The molecule has 1 heterocycles. The van der Waals surface area contributed by atoms with Gasteiger partial charge in [0.1, 0.15) is 24.2 Å². The molecule has 0 aliphatic carbocycles. The Balaban J connectivity index is 2.97. The molecule has 1 rings (SSSR count). The number of aliphatic hydroxyl groups is 1. The quantitative estimate of drug-likeness (QED) is 0.145. The first-order valence-corrected chi connectivity index (χ1v) is 15.0. The number of amides is 3. The highest BCUT2D eigenvalue weighted by atomic mass is 35.5. The van der Waals surface area contributed by atoms with Gasteiger partial charge >= 0.3 is 5.97 Å². The van der Waals surface area contributed by atoms with E-state index in [0.29, 0.717) is 44.5 Å². The van der Waals surface area contributed by atoms with Crippen LogP contribution in [0.15, 0.2) is 0 Å². The van der Waals surface area contributed by atoms with Gasteiger partial charge in [0.25, 0.3) is 5.91 Å². The lowest BCUT2D eigenvalue weighted by Gasteiger charge is -2.36. The van der Waals surface area contributed by atoms with E-state index in [1.54, 1.807) is 0 Å². The number of nitrogens with two attached hydrogens (primary N) is 1. The lowest BCUT2D eigenvalue weighted by Crippen LogP contribution is -2.59. The van der Waals surface area contributed by atoms with Crippen molar-refractivity contribution in [2.45, 2.75) is 122 Å². The van der Waals surface area contributed by atoms with E-state index in [-0.39, 0.29) is 11.8 Å². The number of carbonyl (C=O) groups excluding carboxylic acids is 3. The molecular formula is C28H51ClN4O6. The number of likely N-dealkylation sites (N-methyl/N-ethyl adjacent to an activating group) is 1. The molecule has 0 unspecified atom stereocenters. The summed E-state index contributed by atoms with van der Waals surface area (Å²) in [6.45, 7) is 7.91.